The van der Waals surface area contributed by atoms with Crippen molar-refractivity contribution in [2.24, 2.45) is 5.73 Å². The van der Waals surface area contributed by atoms with Gasteiger partial charge in [-0.3, -0.25) is 0 Å². The van der Waals surface area contributed by atoms with Crippen molar-refractivity contribution in [3.8, 4) is 0 Å². The fourth-order valence-corrected chi connectivity index (χ4v) is 1.22. The first kappa shape index (κ1) is 11.9. The van der Waals surface area contributed by atoms with Crippen LogP contribution >= 0.6 is 0 Å². The van der Waals surface area contributed by atoms with Crippen molar-refractivity contribution < 1.29 is 4.74 Å². The molecule has 1 heterocycles. The highest BCUT2D eigenvalue weighted by atomic mass is 16.5. The second-order valence-electron chi connectivity index (χ2n) is 3.35. The van der Waals surface area contributed by atoms with Crippen LogP contribution in [-0.2, 0) is 11.3 Å². The number of aromatic nitrogens is 1. The second kappa shape index (κ2) is 6.37. The molecule has 0 fully saturated rings. The predicted octanol–water partition coefficient (Wildman–Crippen LogP) is 1.01. The van der Waals surface area contributed by atoms with Gasteiger partial charge < -0.3 is 15.4 Å². The number of nitrogens with two attached hydrogens (primary N) is 1. The highest BCUT2D eigenvalue weighted by molar-refractivity contribution is 5.38. The Bertz CT molecular complexity index is 274. The van der Waals surface area contributed by atoms with Crippen LogP contribution in [0.15, 0.2) is 18.3 Å². The van der Waals surface area contributed by atoms with Crippen LogP contribution in [0.5, 0.6) is 0 Å². The number of hydrogen-bond donors (Lipinski definition) is 1. The molecule has 0 saturated carbocycles. The molecule has 15 heavy (non-hydrogen) atoms. The molecule has 0 radical (unpaired) electrons. The van der Waals surface area contributed by atoms with Gasteiger partial charge in [-0.05, 0) is 18.6 Å². The van der Waals surface area contributed by atoms with E-state index < -0.39 is 0 Å². The molecule has 0 atom stereocenters. The van der Waals surface area contributed by atoms with Crippen LogP contribution in [0.3, 0.4) is 0 Å². The quantitative estimate of drug-likeness (QED) is 0.710. The maximum atomic E-state index is 5.50. The first-order valence-electron chi connectivity index (χ1n) is 5.21. The molecular formula is C11H19N3O. The Morgan fingerprint density at radius 1 is 1.47 bits per heavy atom. The molecule has 4 heteroatoms. The summed E-state index contributed by atoms with van der Waals surface area (Å²) in [7, 11) is 2.00. The molecule has 0 unspecified atom stereocenters. The summed E-state index contributed by atoms with van der Waals surface area (Å²) in [5.74, 6) is 0.951. The predicted molar refractivity (Wildman–Crippen MR) is 61.9 cm³/mol. The summed E-state index contributed by atoms with van der Waals surface area (Å²) in [4.78, 5) is 6.38. The van der Waals surface area contributed by atoms with Gasteiger partial charge in [0.2, 0.25) is 0 Å². The van der Waals surface area contributed by atoms with Crippen molar-refractivity contribution in [3.05, 3.63) is 23.9 Å². The summed E-state index contributed by atoms with van der Waals surface area (Å²) >= 11 is 0. The van der Waals surface area contributed by atoms with E-state index in [1.807, 2.05) is 32.3 Å². The number of anilines is 1. The van der Waals surface area contributed by atoms with Crippen LogP contribution in [0.4, 0.5) is 5.82 Å². The molecule has 0 saturated heterocycles. The highest BCUT2D eigenvalue weighted by Gasteiger charge is 2.01. The van der Waals surface area contributed by atoms with Crippen molar-refractivity contribution in [2.75, 3.05) is 31.7 Å². The molecule has 1 aromatic heterocycles. The van der Waals surface area contributed by atoms with Gasteiger partial charge in [0, 0.05) is 32.9 Å². The minimum absolute atomic E-state index is 0.538. The normalized spacial score (nSPS) is 10.3. The van der Waals surface area contributed by atoms with Crippen LogP contribution in [0.1, 0.15) is 12.5 Å². The summed E-state index contributed by atoms with van der Waals surface area (Å²) in [5.41, 5.74) is 6.55. The number of hydrogen-bond acceptors (Lipinski definition) is 4. The van der Waals surface area contributed by atoms with Gasteiger partial charge in [-0.1, -0.05) is 6.07 Å². The molecule has 0 spiro atoms. The molecule has 0 amide bonds. The van der Waals surface area contributed by atoms with Gasteiger partial charge in [-0.2, -0.15) is 0 Å². The van der Waals surface area contributed by atoms with Crippen molar-refractivity contribution in [1.82, 2.24) is 4.98 Å². The van der Waals surface area contributed by atoms with Gasteiger partial charge in [0.05, 0.1) is 6.61 Å². The zero-order chi connectivity index (χ0) is 11.1. The third-order valence-electron chi connectivity index (χ3n) is 2.21. The molecule has 1 rings (SSSR count). The second-order valence-corrected chi connectivity index (χ2v) is 3.35. The van der Waals surface area contributed by atoms with Gasteiger partial charge >= 0.3 is 0 Å². The lowest BCUT2D eigenvalue weighted by atomic mass is 10.3. The van der Waals surface area contributed by atoms with Crippen LogP contribution in [0.2, 0.25) is 0 Å². The highest BCUT2D eigenvalue weighted by Crippen LogP contribution is 2.08. The Morgan fingerprint density at radius 3 is 2.80 bits per heavy atom. The largest absolute Gasteiger partial charge is 0.380 e. The number of likely N-dealkylation sites (N-methyl/N-ethyl adjacent to an activating group) is 1. The number of ether oxygens (including phenoxy) is 1. The summed E-state index contributed by atoms with van der Waals surface area (Å²) < 4.78 is 5.28. The van der Waals surface area contributed by atoms with Crippen LogP contribution in [0, 0.1) is 0 Å². The van der Waals surface area contributed by atoms with E-state index in [9.17, 15) is 0 Å². The SMILES string of the molecule is CCOCCN(C)c1ccc(CN)cn1. The van der Waals surface area contributed by atoms with E-state index in [1.54, 1.807) is 0 Å². The Labute approximate surface area is 91.1 Å². The van der Waals surface area contributed by atoms with E-state index in [0.717, 1.165) is 31.1 Å². The molecule has 0 aromatic carbocycles. The first-order chi connectivity index (χ1) is 7.27. The molecule has 84 valence electrons. The summed E-state index contributed by atoms with van der Waals surface area (Å²) in [5, 5.41) is 0. The molecule has 2 N–H and O–H groups in total. The van der Waals surface area contributed by atoms with Gasteiger partial charge in [0.1, 0.15) is 5.82 Å². The zero-order valence-electron chi connectivity index (χ0n) is 9.44. The van der Waals surface area contributed by atoms with Crippen LogP contribution in [0.25, 0.3) is 0 Å². The molecule has 0 aliphatic rings. The average Bonchev–Trinajstić information content (AvgIpc) is 2.29. The van der Waals surface area contributed by atoms with Crippen LogP contribution < -0.4 is 10.6 Å². The van der Waals surface area contributed by atoms with Crippen LogP contribution in [-0.4, -0.2) is 31.8 Å². The van der Waals surface area contributed by atoms with Crippen molar-refractivity contribution in [2.45, 2.75) is 13.5 Å². The topological polar surface area (TPSA) is 51.4 Å². The van der Waals surface area contributed by atoms with E-state index in [1.165, 1.54) is 0 Å². The number of pyridine rings is 1. The number of rotatable bonds is 6. The summed E-state index contributed by atoms with van der Waals surface area (Å²) in [6.45, 7) is 4.87. The van der Waals surface area contributed by atoms with Gasteiger partial charge in [-0.15, -0.1) is 0 Å². The van der Waals surface area contributed by atoms with E-state index >= 15 is 0 Å². The lowest BCUT2D eigenvalue weighted by Gasteiger charge is -2.17. The average molecular weight is 209 g/mol. The van der Waals surface area contributed by atoms with Crippen molar-refractivity contribution in [3.63, 3.8) is 0 Å². The fourth-order valence-electron chi connectivity index (χ4n) is 1.22. The molecule has 0 bridgehead atoms. The van der Waals surface area contributed by atoms with E-state index in [4.69, 9.17) is 10.5 Å². The molecule has 0 aliphatic carbocycles. The molecule has 1 aromatic rings. The minimum Gasteiger partial charge on any atom is -0.380 e. The molecule has 0 aliphatic heterocycles. The third-order valence-corrected chi connectivity index (χ3v) is 2.21. The zero-order valence-corrected chi connectivity index (χ0v) is 9.44. The van der Waals surface area contributed by atoms with Gasteiger partial charge in [0.25, 0.3) is 0 Å². The van der Waals surface area contributed by atoms with E-state index in [0.29, 0.717) is 6.54 Å². The van der Waals surface area contributed by atoms with Crippen molar-refractivity contribution in [1.29, 1.82) is 0 Å². The molecule has 4 nitrogen and oxygen atoms in total. The molecular weight excluding hydrogens is 190 g/mol. The maximum Gasteiger partial charge on any atom is 0.128 e. The first-order valence-corrected chi connectivity index (χ1v) is 5.21. The summed E-state index contributed by atoms with van der Waals surface area (Å²) in [6.07, 6.45) is 1.81. The Hall–Kier alpha value is -1.13. The lowest BCUT2D eigenvalue weighted by molar-refractivity contribution is 0.154. The standard InChI is InChI=1S/C11H19N3O/c1-3-15-7-6-14(2)11-5-4-10(8-12)9-13-11/h4-5,9H,3,6-8,12H2,1-2H3. The third kappa shape index (κ3) is 3.85. The van der Waals surface area contributed by atoms with Gasteiger partial charge in [-0.25, -0.2) is 4.98 Å². The van der Waals surface area contributed by atoms with E-state index in [2.05, 4.69) is 9.88 Å². The summed E-state index contributed by atoms with van der Waals surface area (Å²) in [6, 6.07) is 3.98. The smallest absolute Gasteiger partial charge is 0.128 e. The fraction of sp³-hybridized carbons (Fsp3) is 0.545. The van der Waals surface area contributed by atoms with Gasteiger partial charge in [0.15, 0.2) is 0 Å². The lowest BCUT2D eigenvalue weighted by Crippen LogP contribution is -2.23. The minimum atomic E-state index is 0.538. The monoisotopic (exact) mass is 209 g/mol. The Kier molecular flexibility index (Phi) is 5.07. The van der Waals surface area contributed by atoms with Crippen molar-refractivity contribution >= 4 is 5.82 Å². The Balaban J connectivity index is 2.46. The Morgan fingerprint density at radius 2 is 2.27 bits per heavy atom. The van der Waals surface area contributed by atoms with E-state index in [-0.39, 0.29) is 0 Å². The number of nitrogens with zero attached hydrogens (tertiary/aromatic N) is 2. The maximum absolute atomic E-state index is 5.50.